The van der Waals surface area contributed by atoms with Gasteiger partial charge >= 0.3 is 0 Å². The van der Waals surface area contributed by atoms with E-state index in [9.17, 15) is 14.7 Å². The van der Waals surface area contributed by atoms with Crippen LogP contribution >= 0.6 is 12.2 Å². The van der Waals surface area contributed by atoms with Gasteiger partial charge in [-0.1, -0.05) is 18.2 Å². The van der Waals surface area contributed by atoms with Gasteiger partial charge in [0, 0.05) is 29.9 Å². The molecule has 0 fully saturated rings. The first kappa shape index (κ1) is 23.9. The minimum atomic E-state index is -0.414. The summed E-state index contributed by atoms with van der Waals surface area (Å²) in [6, 6.07) is 17.9. The number of nitrogens with one attached hydrogen (secondary N) is 2. The molecule has 0 bridgehead atoms. The molecule has 0 saturated heterocycles. The molecule has 0 radical (unpaired) electrons. The lowest BCUT2D eigenvalue weighted by atomic mass is 10.0. The van der Waals surface area contributed by atoms with E-state index in [1.807, 2.05) is 30.3 Å². The maximum atomic E-state index is 13.3. The normalized spacial score (nSPS) is 11.0. The van der Waals surface area contributed by atoms with Crippen molar-refractivity contribution >= 4 is 45.9 Å². The Bertz CT molecular complexity index is 1460. The third kappa shape index (κ3) is 5.48. The van der Waals surface area contributed by atoms with Crippen LogP contribution in [0.1, 0.15) is 5.76 Å². The monoisotopic (exact) mass is 489 g/mol. The Kier molecular flexibility index (Phi) is 7.39. The number of pyridine rings is 1. The van der Waals surface area contributed by atoms with Crippen molar-refractivity contribution in [2.24, 2.45) is 0 Å². The van der Waals surface area contributed by atoms with E-state index in [1.165, 1.54) is 25.5 Å². The van der Waals surface area contributed by atoms with Crippen LogP contribution in [0, 0.1) is 0 Å². The number of carbonyl (C=O) groups excluding carboxylic acids is 1. The first-order valence-electron chi connectivity index (χ1n) is 10.8. The number of hydrogen-bond acceptors (Lipinski definition) is 6. The molecule has 3 N–H and O–H groups in total. The lowest BCUT2D eigenvalue weighted by Crippen LogP contribution is -2.32. The van der Waals surface area contributed by atoms with Gasteiger partial charge in [-0.25, -0.2) is 0 Å². The Morgan fingerprint density at radius 3 is 2.71 bits per heavy atom. The maximum absolute atomic E-state index is 13.3. The molecule has 9 heteroatoms. The molecule has 2 aromatic carbocycles. The molecule has 4 rings (SSSR count). The van der Waals surface area contributed by atoms with Crippen molar-refractivity contribution in [1.29, 1.82) is 0 Å². The number of aliphatic hydroxyl groups is 1. The minimum Gasteiger partial charge on any atom is -0.496 e. The number of methoxy groups -OCH3 is 1. The molecule has 0 saturated carbocycles. The molecule has 0 aliphatic carbocycles. The summed E-state index contributed by atoms with van der Waals surface area (Å²) in [6.07, 6.45) is 4.36. The Labute approximate surface area is 206 Å². The topological polar surface area (TPSA) is 106 Å². The summed E-state index contributed by atoms with van der Waals surface area (Å²) in [6.45, 7) is 0.0185. The Morgan fingerprint density at radius 2 is 1.97 bits per heavy atom. The van der Waals surface area contributed by atoms with Crippen LogP contribution in [-0.4, -0.2) is 34.4 Å². The summed E-state index contributed by atoms with van der Waals surface area (Å²) in [4.78, 5) is 25.4. The number of benzene rings is 2. The van der Waals surface area contributed by atoms with Gasteiger partial charge in [0.2, 0.25) is 5.91 Å². The highest BCUT2D eigenvalue weighted by molar-refractivity contribution is 7.80. The van der Waals surface area contributed by atoms with Crippen LogP contribution in [0.15, 0.2) is 82.2 Å². The van der Waals surface area contributed by atoms with Crippen LogP contribution in [0.5, 0.6) is 5.75 Å². The number of furan rings is 1. The predicted molar refractivity (Wildman–Crippen MR) is 139 cm³/mol. The molecule has 2 heterocycles. The summed E-state index contributed by atoms with van der Waals surface area (Å²) in [7, 11) is 1.51. The van der Waals surface area contributed by atoms with Crippen molar-refractivity contribution in [1.82, 2.24) is 9.88 Å². The smallest absolute Gasteiger partial charge is 0.259 e. The van der Waals surface area contributed by atoms with Crippen LogP contribution in [0.25, 0.3) is 28.1 Å². The average Bonchev–Trinajstić information content (AvgIpc) is 3.38. The van der Waals surface area contributed by atoms with Crippen molar-refractivity contribution < 1.29 is 19.1 Å². The third-order valence-electron chi connectivity index (χ3n) is 5.26. The summed E-state index contributed by atoms with van der Waals surface area (Å²) >= 11 is 5.23. The van der Waals surface area contributed by atoms with Crippen molar-refractivity contribution in [2.45, 2.75) is 6.54 Å². The standard InChI is InChI=1S/C26H23N3O5S/c1-33-23-16-18(27-26(35)28-24(31)11-9-19-6-4-14-34-19)8-10-20(23)21-15-17-5-2-3-7-22(17)29(12-13-30)25(21)32/h2-11,14-16,30H,12-13H2,1H3,(H2,27,28,31,35). The SMILES string of the molecule is COc1cc(NC(=S)NC(=O)C=Cc2ccco2)ccc1-c1cc2ccccc2n(CCO)c1=O. The number of carbonyl (C=O) groups is 1. The number of hydrogen-bond donors (Lipinski definition) is 3. The number of ether oxygens (including phenoxy) is 1. The summed E-state index contributed by atoms with van der Waals surface area (Å²) in [5, 5.41) is 16.0. The molecule has 35 heavy (non-hydrogen) atoms. The van der Waals surface area contributed by atoms with Crippen LogP contribution < -0.4 is 20.9 Å². The second-order valence-corrected chi connectivity index (χ2v) is 7.91. The Morgan fingerprint density at radius 1 is 1.14 bits per heavy atom. The van der Waals surface area contributed by atoms with Crippen LogP contribution in [0.4, 0.5) is 5.69 Å². The third-order valence-corrected chi connectivity index (χ3v) is 5.46. The molecule has 1 amide bonds. The van der Waals surface area contributed by atoms with Crippen LogP contribution in [0.2, 0.25) is 0 Å². The van der Waals surface area contributed by atoms with Crippen LogP contribution in [-0.2, 0) is 11.3 Å². The van der Waals surface area contributed by atoms with E-state index in [0.717, 1.165) is 10.9 Å². The second kappa shape index (κ2) is 10.8. The molecular formula is C26H23N3O5S. The van der Waals surface area contributed by atoms with Crippen molar-refractivity contribution in [3.8, 4) is 16.9 Å². The summed E-state index contributed by atoms with van der Waals surface area (Å²) < 4.78 is 12.3. The Hall–Kier alpha value is -4.21. The fourth-order valence-corrected chi connectivity index (χ4v) is 3.91. The van der Waals surface area contributed by atoms with Gasteiger partial charge in [-0.05, 0) is 60.1 Å². The zero-order valence-electron chi connectivity index (χ0n) is 18.9. The molecular weight excluding hydrogens is 466 g/mol. The highest BCUT2D eigenvalue weighted by Crippen LogP contribution is 2.32. The van der Waals surface area contributed by atoms with E-state index in [0.29, 0.717) is 28.3 Å². The zero-order valence-corrected chi connectivity index (χ0v) is 19.7. The maximum Gasteiger partial charge on any atom is 0.259 e. The largest absolute Gasteiger partial charge is 0.496 e. The van der Waals surface area contributed by atoms with E-state index in [4.69, 9.17) is 21.4 Å². The number of amides is 1. The molecule has 8 nitrogen and oxygen atoms in total. The average molecular weight is 490 g/mol. The quantitative estimate of drug-likeness (QED) is 0.268. The van der Waals surface area contributed by atoms with Crippen molar-refractivity contribution in [2.75, 3.05) is 19.0 Å². The van der Waals surface area contributed by atoms with Gasteiger partial charge in [-0.15, -0.1) is 0 Å². The molecule has 0 spiro atoms. The lowest BCUT2D eigenvalue weighted by molar-refractivity contribution is -0.115. The zero-order chi connectivity index (χ0) is 24.8. The van der Waals surface area contributed by atoms with Gasteiger partial charge in [-0.2, -0.15) is 0 Å². The van der Waals surface area contributed by atoms with Gasteiger partial charge in [0.05, 0.1) is 31.1 Å². The molecule has 0 unspecified atom stereocenters. The fraction of sp³-hybridized carbons (Fsp3) is 0.115. The lowest BCUT2D eigenvalue weighted by Gasteiger charge is -2.15. The van der Waals surface area contributed by atoms with E-state index in [2.05, 4.69) is 10.6 Å². The van der Waals surface area contributed by atoms with Crippen molar-refractivity contribution in [3.63, 3.8) is 0 Å². The molecule has 2 aromatic heterocycles. The van der Waals surface area contributed by atoms with Gasteiger partial charge in [0.15, 0.2) is 5.11 Å². The van der Waals surface area contributed by atoms with E-state index in [1.54, 1.807) is 34.9 Å². The minimum absolute atomic E-state index is 0.102. The molecule has 4 aromatic rings. The first-order chi connectivity index (χ1) is 17.0. The number of para-hydroxylation sites is 1. The van der Waals surface area contributed by atoms with Gasteiger partial charge in [0.1, 0.15) is 11.5 Å². The predicted octanol–water partition coefficient (Wildman–Crippen LogP) is 3.79. The number of nitrogens with zero attached hydrogens (tertiary/aromatic N) is 1. The second-order valence-electron chi connectivity index (χ2n) is 7.50. The number of anilines is 1. The number of aliphatic hydroxyl groups excluding tert-OH is 1. The molecule has 0 atom stereocenters. The molecule has 0 aliphatic heterocycles. The van der Waals surface area contributed by atoms with Gasteiger partial charge in [0.25, 0.3) is 5.56 Å². The number of thiocarbonyl (C=S) groups is 1. The number of rotatable bonds is 7. The van der Waals surface area contributed by atoms with Crippen molar-refractivity contribution in [3.05, 3.63) is 89.1 Å². The summed E-state index contributed by atoms with van der Waals surface area (Å²) in [5.74, 6) is 0.582. The molecule has 178 valence electrons. The highest BCUT2D eigenvalue weighted by Gasteiger charge is 2.15. The van der Waals surface area contributed by atoms with Gasteiger partial charge in [-0.3, -0.25) is 14.9 Å². The highest BCUT2D eigenvalue weighted by atomic mass is 32.1. The number of aromatic nitrogens is 1. The van der Waals surface area contributed by atoms with E-state index in [-0.39, 0.29) is 23.8 Å². The van der Waals surface area contributed by atoms with E-state index < -0.39 is 5.91 Å². The fourth-order valence-electron chi connectivity index (χ4n) is 3.69. The van der Waals surface area contributed by atoms with Crippen LogP contribution in [0.3, 0.4) is 0 Å². The Balaban J connectivity index is 1.58. The number of fused-ring (bicyclic) bond motifs is 1. The van der Waals surface area contributed by atoms with Gasteiger partial charge < -0.3 is 24.1 Å². The molecule has 0 aliphatic rings. The first-order valence-corrected chi connectivity index (χ1v) is 11.2. The van der Waals surface area contributed by atoms with E-state index >= 15 is 0 Å². The summed E-state index contributed by atoms with van der Waals surface area (Å²) in [5.41, 5.74) is 2.12.